The molecule has 1 saturated heterocycles. The second-order valence-electron chi connectivity index (χ2n) is 6.30. The van der Waals surface area contributed by atoms with Crippen molar-refractivity contribution < 1.29 is 4.79 Å². The fraction of sp³-hybridized carbons (Fsp3) is 0.733. The number of hydrogen-bond acceptors (Lipinski definition) is 3. The summed E-state index contributed by atoms with van der Waals surface area (Å²) in [6.45, 7) is 8.03. The Hall–Kier alpha value is -1.56. The van der Waals surface area contributed by atoms with Crippen LogP contribution >= 0.6 is 0 Å². The molecule has 0 aliphatic carbocycles. The molecule has 1 fully saturated rings. The number of amides is 2. The second kappa shape index (κ2) is 6.47. The van der Waals surface area contributed by atoms with Crippen molar-refractivity contribution in [1.82, 2.24) is 19.6 Å². The minimum absolute atomic E-state index is 0.0938. The Morgan fingerprint density at radius 3 is 2.81 bits per heavy atom. The molecule has 6 nitrogen and oxygen atoms in total. The monoisotopic (exact) mass is 293 g/mol. The lowest BCUT2D eigenvalue weighted by atomic mass is 10.2. The van der Waals surface area contributed by atoms with Gasteiger partial charge in [0.05, 0.1) is 0 Å². The molecule has 1 aromatic rings. The van der Waals surface area contributed by atoms with E-state index in [0.29, 0.717) is 17.9 Å². The summed E-state index contributed by atoms with van der Waals surface area (Å²) in [5, 5.41) is 7.31. The summed E-state index contributed by atoms with van der Waals surface area (Å²) in [5.74, 6) is 0.623. The Morgan fingerprint density at radius 1 is 1.57 bits per heavy atom. The van der Waals surface area contributed by atoms with Gasteiger partial charge in [-0.2, -0.15) is 5.10 Å². The fourth-order valence-corrected chi connectivity index (χ4v) is 2.89. The highest BCUT2D eigenvalue weighted by Crippen LogP contribution is 2.17. The van der Waals surface area contributed by atoms with Crippen LogP contribution in [0.15, 0.2) is 6.07 Å². The van der Waals surface area contributed by atoms with Crippen LogP contribution in [0.3, 0.4) is 0 Å². The van der Waals surface area contributed by atoms with Crippen molar-refractivity contribution >= 4 is 11.8 Å². The van der Waals surface area contributed by atoms with Crippen LogP contribution in [0.2, 0.25) is 0 Å². The van der Waals surface area contributed by atoms with E-state index in [2.05, 4.69) is 36.2 Å². The van der Waals surface area contributed by atoms with Gasteiger partial charge in [0.25, 0.3) is 0 Å². The van der Waals surface area contributed by atoms with Gasteiger partial charge >= 0.3 is 6.03 Å². The van der Waals surface area contributed by atoms with Gasteiger partial charge in [-0.15, -0.1) is 0 Å². The van der Waals surface area contributed by atoms with Crippen molar-refractivity contribution in [2.45, 2.75) is 45.7 Å². The molecule has 0 radical (unpaired) electrons. The maximum absolute atomic E-state index is 12.2. The number of aryl methyl sites for hydroxylation is 1. The number of carbonyl (C=O) groups excluding carboxylic acids is 1. The highest BCUT2D eigenvalue weighted by Gasteiger charge is 2.24. The average molecular weight is 293 g/mol. The number of carbonyl (C=O) groups is 1. The van der Waals surface area contributed by atoms with Gasteiger partial charge in [0.15, 0.2) is 5.82 Å². The number of rotatable bonds is 4. The zero-order chi connectivity index (χ0) is 15.6. The normalized spacial score (nSPS) is 19.2. The van der Waals surface area contributed by atoms with Gasteiger partial charge in [-0.25, -0.2) is 4.79 Å². The molecule has 1 unspecified atom stereocenters. The number of aromatic nitrogens is 2. The quantitative estimate of drug-likeness (QED) is 0.927. The molecule has 1 atom stereocenters. The molecule has 2 amide bonds. The molecule has 0 spiro atoms. The van der Waals surface area contributed by atoms with Gasteiger partial charge in [0.1, 0.15) is 0 Å². The number of hydrogen-bond donors (Lipinski definition) is 1. The molecule has 2 heterocycles. The molecule has 21 heavy (non-hydrogen) atoms. The van der Waals surface area contributed by atoms with E-state index in [-0.39, 0.29) is 6.03 Å². The molecule has 0 aromatic carbocycles. The highest BCUT2D eigenvalue weighted by atomic mass is 16.2. The van der Waals surface area contributed by atoms with Gasteiger partial charge in [-0.3, -0.25) is 10.00 Å². The van der Waals surface area contributed by atoms with Gasteiger partial charge in [0, 0.05) is 37.4 Å². The first-order chi connectivity index (χ1) is 9.88. The zero-order valence-electron chi connectivity index (χ0n) is 13.8. The molecule has 1 N–H and O–H groups in total. The first kappa shape index (κ1) is 15.8. The molecule has 118 valence electrons. The van der Waals surface area contributed by atoms with Crippen LogP contribution in [-0.4, -0.2) is 58.8 Å². The number of likely N-dealkylation sites (tertiary alicyclic amines) is 1. The molecular formula is C15H27N5O. The van der Waals surface area contributed by atoms with Crippen LogP contribution in [0, 0.1) is 6.92 Å². The highest BCUT2D eigenvalue weighted by molar-refractivity contribution is 5.88. The average Bonchev–Trinajstić information content (AvgIpc) is 2.96. The molecule has 1 aromatic heterocycles. The van der Waals surface area contributed by atoms with E-state index in [1.54, 1.807) is 4.90 Å². The van der Waals surface area contributed by atoms with Crippen molar-refractivity contribution in [2.24, 2.45) is 0 Å². The lowest BCUT2D eigenvalue weighted by Gasteiger charge is -2.25. The first-order valence-electron chi connectivity index (χ1n) is 7.67. The summed E-state index contributed by atoms with van der Waals surface area (Å²) in [6.07, 6.45) is 2.38. The Bertz CT molecular complexity index is 496. The molecule has 0 bridgehead atoms. The Labute approximate surface area is 127 Å². The minimum Gasteiger partial charge on any atom is -0.326 e. The second-order valence-corrected chi connectivity index (χ2v) is 6.30. The third-order valence-electron chi connectivity index (χ3n) is 4.15. The zero-order valence-corrected chi connectivity index (χ0v) is 13.8. The maximum Gasteiger partial charge on any atom is 0.322 e. The van der Waals surface area contributed by atoms with Gasteiger partial charge in [-0.1, -0.05) is 0 Å². The topological polar surface area (TPSA) is 53.4 Å². The Morgan fingerprint density at radius 2 is 2.29 bits per heavy atom. The van der Waals surface area contributed by atoms with E-state index < -0.39 is 0 Å². The predicted octanol–water partition coefficient (Wildman–Crippen LogP) is 2.33. The summed E-state index contributed by atoms with van der Waals surface area (Å²) >= 11 is 0. The lowest BCUT2D eigenvalue weighted by Crippen LogP contribution is -2.41. The van der Waals surface area contributed by atoms with Crippen LogP contribution in [0.1, 0.15) is 38.4 Å². The summed E-state index contributed by atoms with van der Waals surface area (Å²) in [4.78, 5) is 16.3. The number of nitrogens with zero attached hydrogens (tertiary/aromatic N) is 4. The van der Waals surface area contributed by atoms with Gasteiger partial charge < -0.3 is 9.80 Å². The van der Waals surface area contributed by atoms with E-state index >= 15 is 0 Å². The summed E-state index contributed by atoms with van der Waals surface area (Å²) in [6, 6.07) is 2.58. The van der Waals surface area contributed by atoms with Crippen LogP contribution in [-0.2, 0) is 0 Å². The van der Waals surface area contributed by atoms with Gasteiger partial charge in [-0.05, 0) is 47.2 Å². The van der Waals surface area contributed by atoms with E-state index in [9.17, 15) is 4.79 Å². The molecule has 1 aliphatic rings. The first-order valence-corrected chi connectivity index (χ1v) is 7.67. The molecule has 2 rings (SSSR count). The Balaban J connectivity index is 1.92. The van der Waals surface area contributed by atoms with E-state index in [1.807, 2.05) is 24.7 Å². The lowest BCUT2D eigenvalue weighted by molar-refractivity contribution is 0.201. The Kier molecular flexibility index (Phi) is 4.88. The largest absolute Gasteiger partial charge is 0.326 e. The molecule has 1 aliphatic heterocycles. The van der Waals surface area contributed by atoms with Crippen LogP contribution in [0.4, 0.5) is 10.6 Å². The van der Waals surface area contributed by atoms with Crippen LogP contribution in [0.25, 0.3) is 0 Å². The fourth-order valence-electron chi connectivity index (χ4n) is 2.89. The predicted molar refractivity (Wildman–Crippen MR) is 84.6 cm³/mol. The van der Waals surface area contributed by atoms with E-state index in [4.69, 9.17) is 0 Å². The number of urea groups is 1. The third kappa shape index (κ3) is 3.75. The minimum atomic E-state index is -0.0938. The van der Waals surface area contributed by atoms with Crippen molar-refractivity contribution in [3.8, 4) is 0 Å². The standard InChI is InChI=1S/C15H27N5O/c1-11(2)20-12(3)9-14(17-20)16-15(21)19(5)10-13-7-6-8-18(13)4/h9,11,13H,6-8,10H2,1-5H3,(H,16,17,21). The van der Waals surface area contributed by atoms with Crippen LogP contribution in [0.5, 0.6) is 0 Å². The summed E-state index contributed by atoms with van der Waals surface area (Å²) in [5.41, 5.74) is 1.05. The van der Waals surface area contributed by atoms with Crippen LogP contribution < -0.4 is 5.32 Å². The SMILES string of the molecule is Cc1cc(NC(=O)N(C)CC2CCCN2C)nn1C(C)C. The van der Waals surface area contributed by atoms with Crippen molar-refractivity contribution in [3.63, 3.8) is 0 Å². The molecule has 0 saturated carbocycles. The van der Waals surface area contributed by atoms with E-state index in [0.717, 1.165) is 25.2 Å². The van der Waals surface area contributed by atoms with Gasteiger partial charge in [0.2, 0.25) is 0 Å². The smallest absolute Gasteiger partial charge is 0.322 e. The van der Waals surface area contributed by atoms with Crippen molar-refractivity contribution in [1.29, 1.82) is 0 Å². The third-order valence-corrected chi connectivity index (χ3v) is 4.15. The molecular weight excluding hydrogens is 266 g/mol. The summed E-state index contributed by atoms with van der Waals surface area (Å²) in [7, 11) is 3.96. The van der Waals surface area contributed by atoms with Crippen molar-refractivity contribution in [2.75, 3.05) is 32.5 Å². The summed E-state index contributed by atoms with van der Waals surface area (Å²) < 4.78 is 1.92. The van der Waals surface area contributed by atoms with E-state index in [1.165, 1.54) is 6.42 Å². The molecule has 6 heteroatoms. The number of likely N-dealkylation sites (N-methyl/N-ethyl adjacent to an activating group) is 2. The van der Waals surface area contributed by atoms with Crippen molar-refractivity contribution in [3.05, 3.63) is 11.8 Å². The number of nitrogens with one attached hydrogen (secondary N) is 1. The number of anilines is 1. The maximum atomic E-state index is 12.2.